The molecule has 1 N–H and O–H groups in total. The molecule has 76 valence electrons. The largest absolute Gasteiger partial charge is 0.268 e. The van der Waals surface area contributed by atoms with E-state index < -0.39 is 0 Å². The molecule has 2 rings (SSSR count). The van der Waals surface area contributed by atoms with Crippen molar-refractivity contribution in [3.63, 3.8) is 0 Å². The van der Waals surface area contributed by atoms with Gasteiger partial charge in [-0.1, -0.05) is 12.1 Å². The van der Waals surface area contributed by atoms with Crippen molar-refractivity contribution in [2.45, 2.75) is 6.92 Å². The monoisotopic (exact) mass is 204 g/mol. The zero-order valence-corrected chi connectivity index (χ0v) is 8.12. The zero-order valence-electron chi connectivity index (χ0n) is 8.12. The molecule has 0 fully saturated rings. The smallest absolute Gasteiger partial charge is 0.264 e. The van der Waals surface area contributed by atoms with Gasteiger partial charge in [0, 0.05) is 11.6 Å². The van der Waals surface area contributed by atoms with Gasteiger partial charge in [-0.15, -0.1) is 0 Å². The second-order valence-electron chi connectivity index (χ2n) is 3.24. The summed E-state index contributed by atoms with van der Waals surface area (Å²) in [6.07, 6.45) is 0. The highest BCUT2D eigenvalue weighted by molar-refractivity contribution is 5.64. The molecular weight excluding hydrogens is 195 g/mol. The number of hydrogen-bond acceptors (Lipinski definition) is 2. The first-order valence-electron chi connectivity index (χ1n) is 4.49. The van der Waals surface area contributed by atoms with E-state index in [4.69, 9.17) is 0 Å². The van der Waals surface area contributed by atoms with E-state index in [1.54, 1.807) is 19.1 Å². The molecule has 0 aliphatic carbocycles. The lowest BCUT2D eigenvalue weighted by atomic mass is 10.1. The molecule has 1 aromatic carbocycles. The van der Waals surface area contributed by atoms with Crippen LogP contribution in [0.1, 0.15) is 5.69 Å². The molecule has 15 heavy (non-hydrogen) atoms. The first-order chi connectivity index (χ1) is 7.16. The van der Waals surface area contributed by atoms with Gasteiger partial charge < -0.3 is 0 Å². The third kappa shape index (κ3) is 1.93. The van der Waals surface area contributed by atoms with Gasteiger partial charge in [-0.05, 0) is 24.6 Å². The van der Waals surface area contributed by atoms with Crippen LogP contribution < -0.4 is 5.56 Å². The standard InChI is InChI=1S/C11H9FN2O/c1-7-10(6-11(15)14-13-7)8-3-2-4-9(12)5-8/h2-6H,1H3,(H,14,15). The molecule has 0 spiro atoms. The Morgan fingerprint density at radius 2 is 2.13 bits per heavy atom. The van der Waals surface area contributed by atoms with Crippen molar-refractivity contribution in [3.8, 4) is 11.1 Å². The average Bonchev–Trinajstić information content (AvgIpc) is 2.22. The van der Waals surface area contributed by atoms with Crippen LogP contribution in [0.2, 0.25) is 0 Å². The number of benzene rings is 1. The minimum Gasteiger partial charge on any atom is -0.268 e. The van der Waals surface area contributed by atoms with Gasteiger partial charge in [-0.2, -0.15) is 5.10 Å². The van der Waals surface area contributed by atoms with Crippen LogP contribution in [-0.4, -0.2) is 10.2 Å². The summed E-state index contributed by atoms with van der Waals surface area (Å²) in [7, 11) is 0. The Morgan fingerprint density at radius 3 is 2.87 bits per heavy atom. The maximum atomic E-state index is 13.0. The van der Waals surface area contributed by atoms with Gasteiger partial charge in [-0.25, -0.2) is 9.49 Å². The molecule has 0 saturated carbocycles. The van der Waals surface area contributed by atoms with E-state index in [1.807, 2.05) is 0 Å². The summed E-state index contributed by atoms with van der Waals surface area (Å²) in [6.45, 7) is 1.76. The number of halogens is 1. The number of aryl methyl sites for hydroxylation is 1. The van der Waals surface area contributed by atoms with E-state index in [2.05, 4.69) is 10.2 Å². The summed E-state index contributed by atoms with van der Waals surface area (Å²) in [4.78, 5) is 11.1. The van der Waals surface area contributed by atoms with Gasteiger partial charge in [0.1, 0.15) is 5.82 Å². The summed E-state index contributed by atoms with van der Waals surface area (Å²) >= 11 is 0. The maximum absolute atomic E-state index is 13.0. The Bertz CT molecular complexity index is 548. The number of hydrogen-bond donors (Lipinski definition) is 1. The van der Waals surface area contributed by atoms with E-state index in [9.17, 15) is 9.18 Å². The van der Waals surface area contributed by atoms with Crippen LogP contribution in [-0.2, 0) is 0 Å². The van der Waals surface area contributed by atoms with E-state index >= 15 is 0 Å². The topological polar surface area (TPSA) is 45.8 Å². The van der Waals surface area contributed by atoms with E-state index in [-0.39, 0.29) is 11.4 Å². The molecule has 0 unspecified atom stereocenters. The van der Waals surface area contributed by atoms with Gasteiger partial charge in [0.05, 0.1) is 5.69 Å². The molecule has 0 aliphatic rings. The summed E-state index contributed by atoms with van der Waals surface area (Å²) in [5.41, 5.74) is 1.68. The molecule has 0 saturated heterocycles. The lowest BCUT2D eigenvalue weighted by Crippen LogP contribution is -2.08. The van der Waals surface area contributed by atoms with Gasteiger partial charge in [0.15, 0.2) is 0 Å². The highest BCUT2D eigenvalue weighted by atomic mass is 19.1. The molecule has 0 radical (unpaired) electrons. The van der Waals surface area contributed by atoms with Crippen LogP contribution in [0, 0.1) is 12.7 Å². The van der Waals surface area contributed by atoms with Gasteiger partial charge >= 0.3 is 0 Å². The summed E-state index contributed by atoms with van der Waals surface area (Å²) in [5.74, 6) is -0.327. The molecule has 4 heteroatoms. The van der Waals surface area contributed by atoms with E-state index in [1.165, 1.54) is 18.2 Å². The van der Waals surface area contributed by atoms with Gasteiger partial charge in [0.2, 0.25) is 0 Å². The van der Waals surface area contributed by atoms with Crippen LogP contribution in [0.3, 0.4) is 0 Å². The highest BCUT2D eigenvalue weighted by Crippen LogP contribution is 2.20. The summed E-state index contributed by atoms with van der Waals surface area (Å²) < 4.78 is 13.0. The SMILES string of the molecule is Cc1n[nH]c(=O)cc1-c1cccc(F)c1. The lowest BCUT2D eigenvalue weighted by Gasteiger charge is -2.03. The molecular formula is C11H9FN2O. The maximum Gasteiger partial charge on any atom is 0.264 e. The van der Waals surface area contributed by atoms with Crippen molar-refractivity contribution in [1.29, 1.82) is 0 Å². The Morgan fingerprint density at radius 1 is 1.33 bits per heavy atom. The number of rotatable bonds is 1. The number of aromatic amines is 1. The molecule has 0 bridgehead atoms. The van der Waals surface area contributed by atoms with Crippen molar-refractivity contribution in [2.24, 2.45) is 0 Å². The second-order valence-corrected chi connectivity index (χ2v) is 3.24. The predicted molar refractivity (Wildman–Crippen MR) is 55.0 cm³/mol. The third-order valence-electron chi connectivity index (χ3n) is 2.13. The molecule has 0 aliphatic heterocycles. The fourth-order valence-electron chi connectivity index (χ4n) is 1.42. The highest BCUT2D eigenvalue weighted by Gasteiger charge is 2.04. The zero-order chi connectivity index (χ0) is 10.8. The summed E-state index contributed by atoms with van der Waals surface area (Å²) in [6, 6.07) is 7.50. The third-order valence-corrected chi connectivity index (χ3v) is 2.13. The number of nitrogens with one attached hydrogen (secondary N) is 1. The molecule has 3 nitrogen and oxygen atoms in total. The Kier molecular flexibility index (Phi) is 2.33. The van der Waals surface area contributed by atoms with Crippen LogP contribution in [0.25, 0.3) is 11.1 Å². The van der Waals surface area contributed by atoms with Crippen LogP contribution in [0.4, 0.5) is 4.39 Å². The molecule has 1 aromatic heterocycles. The van der Waals surface area contributed by atoms with Crippen molar-refractivity contribution in [1.82, 2.24) is 10.2 Å². The normalized spacial score (nSPS) is 10.3. The predicted octanol–water partition coefficient (Wildman–Crippen LogP) is 1.88. The van der Waals surface area contributed by atoms with Crippen LogP contribution in [0.5, 0.6) is 0 Å². The first kappa shape index (κ1) is 9.58. The molecule has 0 amide bonds. The Hall–Kier alpha value is -1.97. The van der Waals surface area contributed by atoms with E-state index in [0.717, 1.165) is 0 Å². The fraction of sp³-hybridized carbons (Fsp3) is 0.0909. The minimum absolute atomic E-state index is 0.292. The minimum atomic E-state index is -0.327. The fourth-order valence-corrected chi connectivity index (χ4v) is 1.42. The molecule has 0 atom stereocenters. The average molecular weight is 204 g/mol. The molecule has 2 aromatic rings. The van der Waals surface area contributed by atoms with Crippen LogP contribution >= 0.6 is 0 Å². The van der Waals surface area contributed by atoms with Crippen molar-refractivity contribution >= 4 is 0 Å². The summed E-state index contributed by atoms with van der Waals surface area (Å²) in [5, 5.41) is 6.15. The Balaban J connectivity index is 2.63. The molecule has 1 heterocycles. The first-order valence-corrected chi connectivity index (χ1v) is 4.49. The number of H-pyrrole nitrogens is 1. The Labute approximate surface area is 85.6 Å². The second kappa shape index (κ2) is 3.65. The van der Waals surface area contributed by atoms with Gasteiger partial charge in [-0.3, -0.25) is 4.79 Å². The van der Waals surface area contributed by atoms with Crippen molar-refractivity contribution in [2.75, 3.05) is 0 Å². The quantitative estimate of drug-likeness (QED) is 0.770. The number of aromatic nitrogens is 2. The van der Waals surface area contributed by atoms with E-state index in [0.29, 0.717) is 16.8 Å². The van der Waals surface area contributed by atoms with Gasteiger partial charge in [0.25, 0.3) is 5.56 Å². The van der Waals surface area contributed by atoms with Crippen molar-refractivity contribution < 1.29 is 4.39 Å². The number of nitrogens with zero attached hydrogens (tertiary/aromatic N) is 1. The lowest BCUT2D eigenvalue weighted by molar-refractivity contribution is 0.628. The van der Waals surface area contributed by atoms with Crippen molar-refractivity contribution in [3.05, 3.63) is 52.2 Å². The van der Waals surface area contributed by atoms with Crippen LogP contribution in [0.15, 0.2) is 35.1 Å².